The van der Waals surface area contributed by atoms with Crippen LogP contribution < -0.4 is 35.9 Å². The normalized spacial score (nSPS) is 28.4. The second-order valence-electron chi connectivity index (χ2n) is 19.6. The monoisotopic (exact) mass is 988 g/mol. The number of aliphatic hydroxyl groups is 4. The molecule has 0 spiro atoms. The van der Waals surface area contributed by atoms with Crippen LogP contribution in [0.4, 0.5) is 17.1 Å². The zero-order chi connectivity index (χ0) is 52.1. The molecule has 4 heterocycles. The first-order valence-corrected chi connectivity index (χ1v) is 24.5. The summed E-state index contributed by atoms with van der Waals surface area (Å²) in [5.74, 6) is -6.39. The molecule has 1 fully saturated rings. The molecule has 8 rings (SSSR count). The summed E-state index contributed by atoms with van der Waals surface area (Å²) in [7, 11) is 1.44. The van der Waals surface area contributed by atoms with E-state index < -0.39 is 87.8 Å². The number of fused-ring (bicyclic) bond motifs is 5. The van der Waals surface area contributed by atoms with Crippen molar-refractivity contribution in [1.29, 1.82) is 0 Å². The molecule has 72 heavy (non-hydrogen) atoms. The Hall–Kier alpha value is -6.79. The van der Waals surface area contributed by atoms with Gasteiger partial charge in [-0.1, -0.05) is 71.0 Å². The van der Waals surface area contributed by atoms with Gasteiger partial charge >= 0.3 is 5.79 Å². The van der Waals surface area contributed by atoms with Crippen molar-refractivity contribution in [1.82, 2.24) is 4.98 Å². The first-order chi connectivity index (χ1) is 34.2. The van der Waals surface area contributed by atoms with Crippen molar-refractivity contribution >= 4 is 67.6 Å². The van der Waals surface area contributed by atoms with E-state index in [1.807, 2.05) is 47.1 Å². The summed E-state index contributed by atoms with van der Waals surface area (Å²) in [4.78, 5) is 65.2. The summed E-state index contributed by atoms with van der Waals surface area (Å²) < 4.78 is 24.6. The SMILES string of the molecule is CCC(=O)N(c1ccccc1)C1CCN(c2cc(=O)c3nc4c(oc3c2)c2c(=O)c3c(O)c(C)c5c(c34)=C(O)[C@@](C)(O/C=C/[C@H](OC)[C@@H](C)[C@@H](O)[C@H](C)[C@H](O)[C@H](C)[C@@H](O)[C@@H](C)/C=C/C=C(/C)C(=O)N2)O5)CC1. The quantitative estimate of drug-likeness (QED) is 0.0825. The number of piperidine rings is 1. The molecular weight excluding hydrogens is 925 g/mol. The molecule has 5 bridgehead atoms. The van der Waals surface area contributed by atoms with Crippen molar-refractivity contribution in [2.75, 3.05) is 35.3 Å². The molecular formula is C55H64N4O13. The molecule has 5 aromatic rings. The number of nitrogens with zero attached hydrogens (tertiary/aromatic N) is 3. The Labute approximate surface area is 416 Å². The van der Waals surface area contributed by atoms with Crippen molar-refractivity contribution in [3.63, 3.8) is 0 Å². The number of anilines is 3. The van der Waals surface area contributed by atoms with Crippen LogP contribution in [0, 0.1) is 30.6 Å². The highest BCUT2D eigenvalue weighted by molar-refractivity contribution is 6.17. The predicted molar refractivity (Wildman–Crippen MR) is 275 cm³/mol. The summed E-state index contributed by atoms with van der Waals surface area (Å²) in [6.07, 6.45) is 4.91. The van der Waals surface area contributed by atoms with Crippen LogP contribution >= 0.6 is 0 Å². The maximum absolute atomic E-state index is 15.0. The third-order valence-corrected chi connectivity index (χ3v) is 15.0. The van der Waals surface area contributed by atoms with Crippen LogP contribution in [-0.4, -0.2) is 98.8 Å². The number of phenolic OH excluding ortho intramolecular Hbond substituents is 1. The number of aliphatic hydroxyl groups excluding tert-OH is 4. The number of amides is 2. The van der Waals surface area contributed by atoms with E-state index in [4.69, 9.17) is 23.6 Å². The molecule has 1 saturated heterocycles. The Balaban J connectivity index is 1.29. The fourth-order valence-corrected chi connectivity index (χ4v) is 10.4. The van der Waals surface area contributed by atoms with Gasteiger partial charge in [0.1, 0.15) is 22.7 Å². The van der Waals surface area contributed by atoms with Gasteiger partial charge in [-0.15, -0.1) is 0 Å². The molecule has 0 unspecified atom stereocenters. The molecule has 4 aromatic carbocycles. The molecule has 0 aliphatic carbocycles. The smallest absolute Gasteiger partial charge is 0.307 e. The Kier molecular flexibility index (Phi) is 14.6. The maximum Gasteiger partial charge on any atom is 0.307 e. The minimum atomic E-state index is -1.98. The van der Waals surface area contributed by atoms with E-state index >= 15 is 0 Å². The van der Waals surface area contributed by atoms with E-state index in [0.29, 0.717) is 38.0 Å². The third-order valence-electron chi connectivity index (χ3n) is 15.0. The van der Waals surface area contributed by atoms with Crippen molar-refractivity contribution in [3.05, 3.63) is 110 Å². The summed E-state index contributed by atoms with van der Waals surface area (Å²) in [6.45, 7) is 14.1. The van der Waals surface area contributed by atoms with Crippen LogP contribution in [0.5, 0.6) is 11.5 Å². The number of nitrogens with one attached hydrogen (secondary N) is 1. The minimum absolute atomic E-state index is 0.00752. The Morgan fingerprint density at radius 3 is 2.25 bits per heavy atom. The highest BCUT2D eigenvalue weighted by atomic mass is 16.7. The number of aromatic nitrogens is 1. The van der Waals surface area contributed by atoms with E-state index in [9.17, 15) is 44.7 Å². The number of aromatic hydroxyl groups is 1. The summed E-state index contributed by atoms with van der Waals surface area (Å²) in [6, 6.07) is 12.5. The van der Waals surface area contributed by atoms with Gasteiger partial charge in [0.2, 0.25) is 16.8 Å². The van der Waals surface area contributed by atoms with Crippen LogP contribution in [0.25, 0.3) is 38.7 Å². The van der Waals surface area contributed by atoms with Crippen molar-refractivity contribution in [3.8, 4) is 11.5 Å². The summed E-state index contributed by atoms with van der Waals surface area (Å²) in [5, 5.41) is 60.4. The first kappa shape index (κ1) is 51.6. The van der Waals surface area contributed by atoms with E-state index in [-0.39, 0.29) is 67.0 Å². The number of phenols is 1. The number of carbonyl (C=O) groups is 2. The van der Waals surface area contributed by atoms with Gasteiger partial charge in [0.25, 0.3) is 5.91 Å². The number of benzene rings is 4. The van der Waals surface area contributed by atoms with Crippen LogP contribution in [0.1, 0.15) is 73.3 Å². The molecule has 382 valence electrons. The van der Waals surface area contributed by atoms with Gasteiger partial charge in [0.05, 0.1) is 41.3 Å². The van der Waals surface area contributed by atoms with E-state index in [0.717, 1.165) is 5.69 Å². The molecule has 3 aliphatic heterocycles. The van der Waals surface area contributed by atoms with Crippen LogP contribution in [0.2, 0.25) is 0 Å². The van der Waals surface area contributed by atoms with Crippen molar-refractivity contribution < 1.29 is 53.7 Å². The molecule has 17 heteroatoms. The average Bonchev–Trinajstić information content (AvgIpc) is 3.64. The number of ether oxygens (including phenoxy) is 3. The Morgan fingerprint density at radius 1 is 0.917 bits per heavy atom. The van der Waals surface area contributed by atoms with Gasteiger partial charge in [0, 0.05) is 103 Å². The van der Waals surface area contributed by atoms with Crippen LogP contribution in [0.15, 0.2) is 92.6 Å². The standard InChI is InChI=1S/C55H64N4O13/c1-10-39(61)59(33-17-12-11-13-18-33)34-19-22-58(23-20-34)35-25-36(60)43-38(26-35)71-52-44(56-43)40-41-49(65)32(7)51-42(40)53(67)55(8,72-51)70-24-21-37(69-9)29(4)47(63)31(6)48(64)30(5)46(62)27(2)15-14-16-28(3)54(68)57-45(52)50(41)66/h11-18,21,24-27,29-31,34,37,46-48,62-65,67H,10,19-20,22-23H2,1-9H3,(H,57,68)/b15-14+,24-21+,28-16-/t27-,29+,30+,31-,37-,46-,47+,48+,55-/m0/s1. The third kappa shape index (κ3) is 9.18. The number of hydrogen-bond acceptors (Lipinski definition) is 15. The molecule has 1 aromatic heterocycles. The highest BCUT2D eigenvalue weighted by Crippen LogP contribution is 2.42. The number of carbonyl (C=O) groups excluding carboxylic acids is 2. The van der Waals surface area contributed by atoms with Gasteiger partial charge in [-0.3, -0.25) is 19.2 Å². The topological polar surface area (TPSA) is 242 Å². The molecule has 0 radical (unpaired) electrons. The van der Waals surface area contributed by atoms with Gasteiger partial charge in [-0.05, 0) is 44.9 Å². The van der Waals surface area contributed by atoms with Crippen molar-refractivity contribution in [2.24, 2.45) is 23.7 Å². The zero-order valence-corrected chi connectivity index (χ0v) is 42.0. The molecule has 0 saturated carbocycles. The predicted octanol–water partition coefficient (Wildman–Crippen LogP) is 6.40. The maximum atomic E-state index is 15.0. The van der Waals surface area contributed by atoms with E-state index in [1.54, 1.807) is 45.9 Å². The Bertz CT molecular complexity index is 3200. The fraction of sp³-hybridized carbons (Fsp3) is 0.436. The van der Waals surface area contributed by atoms with Gasteiger partial charge in [0.15, 0.2) is 22.4 Å². The number of hydrogen-bond donors (Lipinski definition) is 6. The Morgan fingerprint density at radius 2 is 1.58 bits per heavy atom. The van der Waals surface area contributed by atoms with Gasteiger partial charge < -0.3 is 59.3 Å². The lowest BCUT2D eigenvalue weighted by Gasteiger charge is -2.39. The molecule has 6 N–H and O–H groups in total. The second-order valence-corrected chi connectivity index (χ2v) is 19.6. The molecule has 2 amide bonds. The highest BCUT2D eigenvalue weighted by Gasteiger charge is 2.44. The zero-order valence-electron chi connectivity index (χ0n) is 42.0. The summed E-state index contributed by atoms with van der Waals surface area (Å²) >= 11 is 0. The molecule has 17 nitrogen and oxygen atoms in total. The number of rotatable bonds is 5. The fourth-order valence-electron chi connectivity index (χ4n) is 10.4. The van der Waals surface area contributed by atoms with Gasteiger partial charge in [-0.25, -0.2) is 4.98 Å². The minimum Gasteiger partial charge on any atom is -0.507 e. The number of para-hydroxylation sites is 1. The lowest BCUT2D eigenvalue weighted by atomic mass is 9.78. The van der Waals surface area contributed by atoms with E-state index in [2.05, 4.69) is 5.32 Å². The average molecular weight is 989 g/mol. The van der Waals surface area contributed by atoms with Crippen LogP contribution in [-0.2, 0) is 19.1 Å². The molecule has 9 atom stereocenters. The second kappa shape index (κ2) is 20.4. The summed E-state index contributed by atoms with van der Waals surface area (Å²) in [5.41, 5.74) is -0.890. The van der Waals surface area contributed by atoms with Crippen molar-refractivity contribution in [2.45, 2.75) is 111 Å². The van der Waals surface area contributed by atoms with Crippen LogP contribution in [0.3, 0.4) is 0 Å². The number of allylic oxidation sites excluding steroid dienone is 2. The van der Waals surface area contributed by atoms with Gasteiger partial charge in [-0.2, -0.15) is 0 Å². The lowest BCUT2D eigenvalue weighted by Crippen LogP contribution is -2.47. The van der Waals surface area contributed by atoms with E-state index in [1.165, 1.54) is 52.4 Å². The lowest BCUT2D eigenvalue weighted by molar-refractivity contribution is -0.119. The first-order valence-electron chi connectivity index (χ1n) is 24.5. The number of methoxy groups -OCH3 is 1. The largest absolute Gasteiger partial charge is 0.507 e. The molecule has 3 aliphatic rings.